The highest BCUT2D eigenvalue weighted by Gasteiger charge is 2.15. The first-order chi connectivity index (χ1) is 9.63. The van der Waals surface area contributed by atoms with Crippen molar-refractivity contribution in [3.05, 3.63) is 24.3 Å². The highest BCUT2D eigenvalue weighted by Crippen LogP contribution is 2.18. The monoisotopic (exact) mass is 294 g/mol. The second-order valence-corrected chi connectivity index (χ2v) is 5.57. The van der Waals surface area contributed by atoms with Gasteiger partial charge in [0.25, 0.3) is 0 Å². The number of ether oxygens (including phenoxy) is 2. The van der Waals surface area contributed by atoms with E-state index >= 15 is 0 Å². The van der Waals surface area contributed by atoms with Crippen molar-refractivity contribution in [2.24, 2.45) is 0 Å². The van der Waals surface area contributed by atoms with Gasteiger partial charge in [0, 0.05) is 24.9 Å². The maximum absolute atomic E-state index is 5.65. The molecule has 20 heavy (non-hydrogen) atoms. The lowest BCUT2D eigenvalue weighted by atomic mass is 10.2. The van der Waals surface area contributed by atoms with Crippen LogP contribution in [0, 0.1) is 0 Å². The van der Waals surface area contributed by atoms with Gasteiger partial charge in [-0.15, -0.1) is 0 Å². The molecule has 0 spiro atoms. The first kappa shape index (κ1) is 15.1. The van der Waals surface area contributed by atoms with Crippen molar-refractivity contribution < 1.29 is 9.47 Å². The molecular formula is C15H22N2O2S. The zero-order valence-corrected chi connectivity index (χ0v) is 12.8. The molecule has 1 atom stereocenters. The van der Waals surface area contributed by atoms with Crippen molar-refractivity contribution in [2.75, 3.05) is 18.5 Å². The van der Waals surface area contributed by atoms with Gasteiger partial charge in [-0.1, -0.05) is 6.07 Å². The first-order valence-electron chi connectivity index (χ1n) is 7.06. The molecule has 0 unspecified atom stereocenters. The summed E-state index contributed by atoms with van der Waals surface area (Å²) in [6, 6.07) is 7.80. The predicted octanol–water partition coefficient (Wildman–Crippen LogP) is 2.94. The molecule has 1 aromatic rings. The Bertz CT molecular complexity index is 445. The van der Waals surface area contributed by atoms with Gasteiger partial charge >= 0.3 is 0 Å². The smallest absolute Gasteiger partial charge is 0.170 e. The van der Waals surface area contributed by atoms with Gasteiger partial charge in [-0.25, -0.2) is 0 Å². The summed E-state index contributed by atoms with van der Waals surface area (Å²) in [7, 11) is 0. The minimum absolute atomic E-state index is 0.162. The lowest BCUT2D eigenvalue weighted by molar-refractivity contribution is 0.114. The summed E-state index contributed by atoms with van der Waals surface area (Å²) in [5, 5.41) is 6.97. The topological polar surface area (TPSA) is 42.5 Å². The molecule has 2 rings (SSSR count). The Hall–Kier alpha value is -1.33. The van der Waals surface area contributed by atoms with Crippen LogP contribution in [0.15, 0.2) is 24.3 Å². The largest absolute Gasteiger partial charge is 0.491 e. The molecule has 4 nitrogen and oxygen atoms in total. The summed E-state index contributed by atoms with van der Waals surface area (Å²) in [6.45, 7) is 5.64. The fourth-order valence-electron chi connectivity index (χ4n) is 2.11. The minimum atomic E-state index is 0.162. The SMILES string of the molecule is CC(C)Oc1cccc(NC(=S)NC[C@@H]2CCCO2)c1. The molecule has 5 heteroatoms. The van der Waals surface area contributed by atoms with Gasteiger partial charge in [-0.2, -0.15) is 0 Å². The molecule has 1 fully saturated rings. The van der Waals surface area contributed by atoms with Gasteiger partial charge in [0.2, 0.25) is 0 Å². The number of thiocarbonyl (C=S) groups is 1. The van der Waals surface area contributed by atoms with E-state index in [9.17, 15) is 0 Å². The zero-order chi connectivity index (χ0) is 14.4. The summed E-state index contributed by atoms with van der Waals surface area (Å²) < 4.78 is 11.2. The third kappa shape index (κ3) is 4.98. The van der Waals surface area contributed by atoms with Crippen molar-refractivity contribution in [2.45, 2.75) is 38.9 Å². The molecule has 1 heterocycles. The van der Waals surface area contributed by atoms with Crippen LogP contribution in [0.3, 0.4) is 0 Å². The highest BCUT2D eigenvalue weighted by molar-refractivity contribution is 7.80. The van der Waals surface area contributed by atoms with E-state index in [0.29, 0.717) is 5.11 Å². The molecule has 0 aromatic heterocycles. The van der Waals surface area contributed by atoms with E-state index in [4.69, 9.17) is 21.7 Å². The molecule has 2 N–H and O–H groups in total. The summed E-state index contributed by atoms with van der Waals surface area (Å²) in [6.07, 6.45) is 2.69. The van der Waals surface area contributed by atoms with Crippen LogP contribution in [0.1, 0.15) is 26.7 Å². The molecular weight excluding hydrogens is 272 g/mol. The van der Waals surface area contributed by atoms with Gasteiger partial charge in [-0.05, 0) is 51.0 Å². The molecule has 0 radical (unpaired) electrons. The summed E-state index contributed by atoms with van der Waals surface area (Å²) >= 11 is 5.28. The third-order valence-corrected chi connectivity index (χ3v) is 3.22. The van der Waals surface area contributed by atoms with Crippen LogP contribution in [0.25, 0.3) is 0 Å². The Labute approximate surface area is 125 Å². The maximum atomic E-state index is 5.65. The van der Waals surface area contributed by atoms with Crippen molar-refractivity contribution >= 4 is 23.0 Å². The number of rotatable bonds is 5. The number of anilines is 1. The normalized spacial score (nSPS) is 18.1. The zero-order valence-electron chi connectivity index (χ0n) is 12.0. The van der Waals surface area contributed by atoms with Gasteiger partial charge < -0.3 is 20.1 Å². The van der Waals surface area contributed by atoms with E-state index in [1.807, 2.05) is 38.1 Å². The molecule has 0 amide bonds. The molecule has 0 aliphatic carbocycles. The van der Waals surface area contributed by atoms with Gasteiger partial charge in [0.15, 0.2) is 5.11 Å². The fourth-order valence-corrected chi connectivity index (χ4v) is 2.31. The van der Waals surface area contributed by atoms with Gasteiger partial charge in [0.05, 0.1) is 12.2 Å². The average molecular weight is 294 g/mol. The second-order valence-electron chi connectivity index (χ2n) is 5.16. The van der Waals surface area contributed by atoms with Crippen LogP contribution in [-0.4, -0.2) is 30.5 Å². The van der Waals surface area contributed by atoms with Crippen LogP contribution in [0.2, 0.25) is 0 Å². The molecule has 110 valence electrons. The third-order valence-electron chi connectivity index (χ3n) is 2.98. The predicted molar refractivity (Wildman–Crippen MR) is 85.4 cm³/mol. The van der Waals surface area contributed by atoms with E-state index in [0.717, 1.165) is 37.4 Å². The molecule has 1 aliphatic rings. The Morgan fingerprint density at radius 2 is 2.35 bits per heavy atom. The average Bonchev–Trinajstić information content (AvgIpc) is 2.89. The summed E-state index contributed by atoms with van der Waals surface area (Å²) in [5.41, 5.74) is 0.924. The van der Waals surface area contributed by atoms with E-state index in [1.165, 1.54) is 0 Å². The number of hydrogen-bond donors (Lipinski definition) is 2. The van der Waals surface area contributed by atoms with E-state index in [-0.39, 0.29) is 12.2 Å². The van der Waals surface area contributed by atoms with Crippen LogP contribution in [0.4, 0.5) is 5.69 Å². The second kappa shape index (κ2) is 7.45. The van der Waals surface area contributed by atoms with E-state index in [1.54, 1.807) is 0 Å². The molecule has 1 aromatic carbocycles. The quantitative estimate of drug-likeness (QED) is 0.817. The van der Waals surface area contributed by atoms with E-state index in [2.05, 4.69) is 10.6 Å². The van der Waals surface area contributed by atoms with Crippen molar-refractivity contribution in [3.63, 3.8) is 0 Å². The maximum Gasteiger partial charge on any atom is 0.170 e. The van der Waals surface area contributed by atoms with E-state index < -0.39 is 0 Å². The Morgan fingerprint density at radius 3 is 3.05 bits per heavy atom. The Balaban J connectivity index is 1.80. The van der Waals surface area contributed by atoms with Crippen LogP contribution < -0.4 is 15.4 Å². The van der Waals surface area contributed by atoms with Gasteiger partial charge in [-0.3, -0.25) is 0 Å². The van der Waals surface area contributed by atoms with Crippen LogP contribution in [-0.2, 0) is 4.74 Å². The van der Waals surface area contributed by atoms with Crippen molar-refractivity contribution in [1.29, 1.82) is 0 Å². The van der Waals surface area contributed by atoms with Crippen LogP contribution in [0.5, 0.6) is 5.75 Å². The summed E-state index contributed by atoms with van der Waals surface area (Å²) in [5.74, 6) is 0.840. The number of nitrogens with one attached hydrogen (secondary N) is 2. The standard InChI is InChI=1S/C15H22N2O2S/c1-11(2)19-13-6-3-5-12(9-13)17-15(20)16-10-14-7-4-8-18-14/h3,5-6,9,11,14H,4,7-8,10H2,1-2H3,(H2,16,17,20)/t14-/m0/s1. The lowest BCUT2D eigenvalue weighted by Gasteiger charge is -2.15. The molecule has 1 saturated heterocycles. The number of benzene rings is 1. The number of hydrogen-bond acceptors (Lipinski definition) is 3. The fraction of sp³-hybridized carbons (Fsp3) is 0.533. The first-order valence-corrected chi connectivity index (χ1v) is 7.47. The highest BCUT2D eigenvalue weighted by atomic mass is 32.1. The van der Waals surface area contributed by atoms with Gasteiger partial charge in [0.1, 0.15) is 5.75 Å². The Kier molecular flexibility index (Phi) is 5.61. The lowest BCUT2D eigenvalue weighted by Crippen LogP contribution is -2.34. The molecule has 0 bridgehead atoms. The molecule has 0 saturated carbocycles. The molecule has 1 aliphatic heterocycles. The van der Waals surface area contributed by atoms with Crippen LogP contribution >= 0.6 is 12.2 Å². The van der Waals surface area contributed by atoms with Crippen molar-refractivity contribution in [3.8, 4) is 5.75 Å². The Morgan fingerprint density at radius 1 is 1.50 bits per heavy atom. The minimum Gasteiger partial charge on any atom is -0.491 e. The summed E-state index contributed by atoms with van der Waals surface area (Å²) in [4.78, 5) is 0. The van der Waals surface area contributed by atoms with Crippen molar-refractivity contribution in [1.82, 2.24) is 5.32 Å².